The highest BCUT2D eigenvalue weighted by Gasteiger charge is 2.40. The summed E-state index contributed by atoms with van der Waals surface area (Å²) in [7, 11) is -1.39. The van der Waals surface area contributed by atoms with E-state index in [0.29, 0.717) is 31.2 Å². The van der Waals surface area contributed by atoms with Crippen LogP contribution >= 0.6 is 0 Å². The quantitative estimate of drug-likeness (QED) is 0.647. The molecule has 1 saturated heterocycles. The lowest BCUT2D eigenvalue weighted by Crippen LogP contribution is -2.57. The molecule has 0 saturated carbocycles. The molecule has 0 atom stereocenters. The van der Waals surface area contributed by atoms with Gasteiger partial charge in [0.2, 0.25) is 0 Å². The molecule has 1 fully saturated rings. The zero-order chi connectivity index (χ0) is 17.1. The summed E-state index contributed by atoms with van der Waals surface area (Å²) in [5.74, 6) is 0.806. The monoisotopic (exact) mass is 334 g/mol. The highest BCUT2D eigenvalue weighted by atomic mass is 32.2. The molecule has 1 N–H and O–H groups in total. The van der Waals surface area contributed by atoms with Crippen LogP contribution < -0.4 is 5.32 Å². The lowest BCUT2D eigenvalue weighted by atomic mass is 10.1. The van der Waals surface area contributed by atoms with Gasteiger partial charge in [0, 0.05) is 26.7 Å². The zero-order valence-electron chi connectivity index (χ0n) is 13.7. The third-order valence-electron chi connectivity index (χ3n) is 4.06. The molecule has 6 nitrogen and oxygen atoms in total. The molecule has 1 aliphatic heterocycles. The average molecular weight is 334 g/mol. The number of nitrogens with zero attached hydrogens (tertiary/aromatic N) is 3. The number of hydrogen-bond donors (Lipinski definition) is 1. The molecule has 0 unspecified atom stereocenters. The Labute approximate surface area is 137 Å². The van der Waals surface area contributed by atoms with Gasteiger partial charge in [-0.2, -0.15) is 5.26 Å². The van der Waals surface area contributed by atoms with Gasteiger partial charge in [-0.1, -0.05) is 12.1 Å². The minimum absolute atomic E-state index is 0.130. The van der Waals surface area contributed by atoms with E-state index in [9.17, 15) is 8.42 Å². The summed E-state index contributed by atoms with van der Waals surface area (Å²) in [6, 6.07) is 9.48. The van der Waals surface area contributed by atoms with Crippen LogP contribution in [-0.2, 0) is 16.4 Å². The lowest BCUT2D eigenvalue weighted by Gasteiger charge is -2.39. The van der Waals surface area contributed by atoms with Crippen LogP contribution in [0.2, 0.25) is 0 Å². The summed E-state index contributed by atoms with van der Waals surface area (Å²) < 4.78 is 23.4. The summed E-state index contributed by atoms with van der Waals surface area (Å²) in [6.07, 6.45) is 0. The van der Waals surface area contributed by atoms with Gasteiger partial charge in [0.1, 0.15) is 0 Å². The molecule has 1 heterocycles. The first-order valence-corrected chi connectivity index (χ1v) is 9.11. The van der Waals surface area contributed by atoms with Crippen LogP contribution in [0, 0.1) is 11.3 Å². The van der Waals surface area contributed by atoms with Gasteiger partial charge in [-0.25, -0.2) is 8.42 Å². The van der Waals surface area contributed by atoms with E-state index in [1.807, 2.05) is 23.1 Å². The van der Waals surface area contributed by atoms with Gasteiger partial charge in [-0.15, -0.1) is 0 Å². The molecule has 0 radical (unpaired) electrons. The van der Waals surface area contributed by atoms with Crippen molar-refractivity contribution in [3.63, 3.8) is 0 Å². The zero-order valence-corrected chi connectivity index (χ0v) is 14.5. The normalized spacial score (nSPS) is 19.9. The minimum Gasteiger partial charge on any atom is -0.352 e. The number of nitrogens with one attached hydrogen (secondary N) is 1. The van der Waals surface area contributed by atoms with Crippen molar-refractivity contribution >= 4 is 15.8 Å². The molecule has 0 bridgehead atoms. The van der Waals surface area contributed by atoms with Crippen molar-refractivity contribution in [2.45, 2.75) is 25.1 Å². The number of aliphatic imine (C=N–C) groups is 1. The molecule has 0 amide bonds. The number of guanidine groups is 1. The summed E-state index contributed by atoms with van der Waals surface area (Å²) >= 11 is 0. The molecule has 2 rings (SSSR count). The van der Waals surface area contributed by atoms with Crippen molar-refractivity contribution in [2.75, 3.05) is 25.9 Å². The fourth-order valence-corrected chi connectivity index (χ4v) is 3.95. The van der Waals surface area contributed by atoms with Gasteiger partial charge in [-0.3, -0.25) is 4.99 Å². The Kier molecular flexibility index (Phi) is 4.95. The van der Waals surface area contributed by atoms with Gasteiger partial charge < -0.3 is 10.2 Å². The summed E-state index contributed by atoms with van der Waals surface area (Å²) in [4.78, 5) is 6.22. The molecule has 0 spiro atoms. The number of benzene rings is 1. The number of hydrogen-bond acceptors (Lipinski definition) is 4. The van der Waals surface area contributed by atoms with Crippen molar-refractivity contribution in [1.29, 1.82) is 5.26 Å². The Morgan fingerprint density at radius 3 is 2.83 bits per heavy atom. The summed E-state index contributed by atoms with van der Waals surface area (Å²) in [5.41, 5.74) is 1.60. The fourth-order valence-electron chi connectivity index (χ4n) is 2.59. The second-order valence-electron chi connectivity index (χ2n) is 6.21. The maximum absolute atomic E-state index is 12.1. The van der Waals surface area contributed by atoms with E-state index >= 15 is 0 Å². The average Bonchev–Trinajstić information content (AvgIpc) is 2.51. The van der Waals surface area contributed by atoms with E-state index < -0.39 is 14.6 Å². The number of rotatable bonds is 2. The van der Waals surface area contributed by atoms with Crippen LogP contribution in [0.5, 0.6) is 0 Å². The second-order valence-corrected chi connectivity index (χ2v) is 8.96. The highest BCUT2D eigenvalue weighted by Crippen LogP contribution is 2.23. The Morgan fingerprint density at radius 2 is 2.22 bits per heavy atom. The van der Waals surface area contributed by atoms with Crippen LogP contribution in [0.3, 0.4) is 0 Å². The molecule has 0 aliphatic carbocycles. The standard InChI is InChI=1S/C16H22N4O2S/c1-16(2)12-20(7-8-23(16,21)22)15(18-3)19-11-14-6-4-5-13(9-14)10-17/h4-6,9H,7-8,11-12H2,1-3H3,(H,18,19). The van der Waals surface area contributed by atoms with Crippen molar-refractivity contribution in [2.24, 2.45) is 4.99 Å². The van der Waals surface area contributed by atoms with Crippen LogP contribution in [-0.4, -0.2) is 49.9 Å². The van der Waals surface area contributed by atoms with Gasteiger partial charge in [0.15, 0.2) is 15.8 Å². The van der Waals surface area contributed by atoms with Gasteiger partial charge in [0.25, 0.3) is 0 Å². The third-order valence-corrected chi connectivity index (χ3v) is 6.59. The summed E-state index contributed by atoms with van der Waals surface area (Å²) in [5, 5.41) is 12.2. The maximum Gasteiger partial charge on any atom is 0.193 e. The smallest absolute Gasteiger partial charge is 0.193 e. The SMILES string of the molecule is CN=C(NCc1cccc(C#N)c1)N1CCS(=O)(=O)C(C)(C)C1. The van der Waals surface area contributed by atoms with Crippen LogP contribution in [0.15, 0.2) is 29.3 Å². The summed E-state index contributed by atoms with van der Waals surface area (Å²) in [6.45, 7) is 4.87. The van der Waals surface area contributed by atoms with Gasteiger partial charge in [0.05, 0.1) is 22.1 Å². The van der Waals surface area contributed by atoms with Crippen LogP contribution in [0.25, 0.3) is 0 Å². The van der Waals surface area contributed by atoms with Gasteiger partial charge >= 0.3 is 0 Å². The molecule has 1 aliphatic rings. The maximum atomic E-state index is 12.1. The van der Waals surface area contributed by atoms with E-state index in [4.69, 9.17) is 5.26 Å². The Hall–Kier alpha value is -2.07. The Morgan fingerprint density at radius 1 is 1.48 bits per heavy atom. The van der Waals surface area contributed by atoms with Gasteiger partial charge in [-0.05, 0) is 31.5 Å². The molecule has 1 aromatic carbocycles. The molecule has 124 valence electrons. The molecule has 23 heavy (non-hydrogen) atoms. The number of nitriles is 1. The molecule has 7 heteroatoms. The van der Waals surface area contributed by atoms with E-state index in [-0.39, 0.29) is 5.75 Å². The van der Waals surface area contributed by atoms with Crippen molar-refractivity contribution in [3.8, 4) is 6.07 Å². The van der Waals surface area contributed by atoms with Crippen LogP contribution in [0.4, 0.5) is 0 Å². The van der Waals surface area contributed by atoms with E-state index in [1.165, 1.54) is 0 Å². The minimum atomic E-state index is -3.07. The van der Waals surface area contributed by atoms with E-state index in [1.54, 1.807) is 27.0 Å². The predicted molar refractivity (Wildman–Crippen MR) is 90.8 cm³/mol. The van der Waals surface area contributed by atoms with Crippen molar-refractivity contribution in [1.82, 2.24) is 10.2 Å². The second kappa shape index (κ2) is 6.59. The lowest BCUT2D eigenvalue weighted by molar-refractivity contribution is 0.353. The molecular weight excluding hydrogens is 312 g/mol. The molecular formula is C16H22N4O2S. The molecule has 1 aromatic rings. The first-order chi connectivity index (χ1) is 10.8. The van der Waals surface area contributed by atoms with Crippen molar-refractivity contribution < 1.29 is 8.42 Å². The van der Waals surface area contributed by atoms with Crippen LogP contribution in [0.1, 0.15) is 25.0 Å². The fraction of sp³-hybridized carbons (Fsp3) is 0.500. The first kappa shape index (κ1) is 17.3. The Bertz CT molecular complexity index is 748. The largest absolute Gasteiger partial charge is 0.352 e. The topological polar surface area (TPSA) is 85.6 Å². The molecule has 0 aromatic heterocycles. The van der Waals surface area contributed by atoms with E-state index in [0.717, 1.165) is 5.56 Å². The van der Waals surface area contributed by atoms with E-state index in [2.05, 4.69) is 16.4 Å². The Balaban J connectivity index is 2.05. The third kappa shape index (κ3) is 3.82. The van der Waals surface area contributed by atoms with Crippen molar-refractivity contribution in [3.05, 3.63) is 35.4 Å². The number of sulfone groups is 1. The first-order valence-electron chi connectivity index (χ1n) is 7.46. The predicted octanol–water partition coefficient (Wildman–Crippen LogP) is 1.14. The highest BCUT2D eigenvalue weighted by molar-refractivity contribution is 7.92.